The van der Waals surface area contributed by atoms with Crippen LogP contribution in [-0.2, 0) is 17.8 Å². The van der Waals surface area contributed by atoms with Gasteiger partial charge >= 0.3 is 0 Å². The van der Waals surface area contributed by atoms with Gasteiger partial charge in [-0.05, 0) is 53.3 Å². The van der Waals surface area contributed by atoms with Crippen LogP contribution in [0.15, 0.2) is 60.0 Å². The van der Waals surface area contributed by atoms with Crippen LogP contribution in [0.5, 0.6) is 11.5 Å². The van der Waals surface area contributed by atoms with Crippen molar-refractivity contribution in [3.05, 3.63) is 76.0 Å². The summed E-state index contributed by atoms with van der Waals surface area (Å²) in [6.07, 6.45) is 0.803. The van der Waals surface area contributed by atoms with E-state index in [2.05, 4.69) is 5.32 Å². The molecule has 0 aliphatic carbocycles. The Bertz CT molecular complexity index is 1050. The summed E-state index contributed by atoms with van der Waals surface area (Å²) < 4.78 is 10.8. The third kappa shape index (κ3) is 4.46. The van der Waals surface area contributed by atoms with Gasteiger partial charge in [-0.25, -0.2) is 0 Å². The number of amides is 2. The Hall–Kier alpha value is -3.32. The maximum absolute atomic E-state index is 12.6. The zero-order chi connectivity index (χ0) is 20.9. The first-order valence-electron chi connectivity index (χ1n) is 9.64. The molecule has 4 rings (SSSR count). The zero-order valence-corrected chi connectivity index (χ0v) is 17.4. The van der Waals surface area contributed by atoms with E-state index in [-0.39, 0.29) is 18.4 Å². The largest absolute Gasteiger partial charge is 0.493 e. The monoisotopic (exact) mass is 422 g/mol. The predicted octanol–water partition coefficient (Wildman–Crippen LogP) is 3.97. The molecule has 1 N–H and O–H groups in total. The van der Waals surface area contributed by atoms with Gasteiger partial charge in [0, 0.05) is 18.8 Å². The Morgan fingerprint density at radius 3 is 2.67 bits per heavy atom. The van der Waals surface area contributed by atoms with Crippen molar-refractivity contribution in [1.82, 2.24) is 4.90 Å². The van der Waals surface area contributed by atoms with Crippen LogP contribution in [0.3, 0.4) is 0 Å². The number of methoxy groups -OCH3 is 1. The highest BCUT2D eigenvalue weighted by Gasteiger charge is 2.22. The molecule has 7 heteroatoms. The minimum atomic E-state index is -0.261. The van der Waals surface area contributed by atoms with E-state index in [9.17, 15) is 9.59 Å². The molecule has 3 aromatic rings. The predicted molar refractivity (Wildman–Crippen MR) is 116 cm³/mol. The number of anilines is 1. The van der Waals surface area contributed by atoms with Crippen LogP contribution in [0.2, 0.25) is 0 Å². The standard InChI is InChI=1S/C23H22N2O4S/c1-28-19-5-2-3-6-20(19)29-15-22(26)24-18-9-8-16-10-11-25(14-17(16)13-18)23(27)21-7-4-12-30-21/h2-9,12-13H,10-11,14-15H2,1H3,(H,24,26). The number of carbonyl (C=O) groups excluding carboxylic acids is 2. The normalized spacial score (nSPS) is 12.8. The molecule has 1 aliphatic rings. The van der Waals surface area contributed by atoms with Gasteiger partial charge in [0.1, 0.15) is 0 Å². The van der Waals surface area contributed by atoms with E-state index in [0.717, 1.165) is 16.9 Å². The second-order valence-corrected chi connectivity index (χ2v) is 7.87. The van der Waals surface area contributed by atoms with Gasteiger partial charge in [-0.2, -0.15) is 0 Å². The fraction of sp³-hybridized carbons (Fsp3) is 0.217. The van der Waals surface area contributed by atoms with Gasteiger partial charge in [0.25, 0.3) is 11.8 Å². The van der Waals surface area contributed by atoms with Gasteiger partial charge in [0.2, 0.25) is 0 Å². The molecule has 0 fully saturated rings. The molecule has 30 heavy (non-hydrogen) atoms. The number of benzene rings is 2. The summed E-state index contributed by atoms with van der Waals surface area (Å²) in [5, 5.41) is 4.77. The summed E-state index contributed by atoms with van der Waals surface area (Å²) >= 11 is 1.45. The van der Waals surface area contributed by atoms with E-state index in [0.29, 0.717) is 30.3 Å². The highest BCUT2D eigenvalue weighted by atomic mass is 32.1. The highest BCUT2D eigenvalue weighted by Crippen LogP contribution is 2.26. The third-order valence-electron chi connectivity index (χ3n) is 4.95. The Kier molecular flexibility index (Phi) is 5.99. The molecule has 0 radical (unpaired) electrons. The van der Waals surface area contributed by atoms with Gasteiger partial charge in [-0.3, -0.25) is 9.59 Å². The Labute approximate surface area is 179 Å². The van der Waals surface area contributed by atoms with Crippen LogP contribution in [0.25, 0.3) is 0 Å². The van der Waals surface area contributed by atoms with E-state index >= 15 is 0 Å². The van der Waals surface area contributed by atoms with Crippen LogP contribution < -0.4 is 14.8 Å². The maximum atomic E-state index is 12.6. The molecule has 2 aromatic carbocycles. The average Bonchev–Trinajstić information content (AvgIpc) is 3.32. The van der Waals surface area contributed by atoms with E-state index in [1.54, 1.807) is 19.2 Å². The highest BCUT2D eigenvalue weighted by molar-refractivity contribution is 7.12. The molecule has 0 atom stereocenters. The van der Waals surface area contributed by atoms with Crippen molar-refractivity contribution >= 4 is 28.8 Å². The number of para-hydroxylation sites is 2. The summed E-state index contributed by atoms with van der Waals surface area (Å²) in [6, 6.07) is 16.8. The summed E-state index contributed by atoms with van der Waals surface area (Å²) in [5.74, 6) is 0.886. The SMILES string of the molecule is COc1ccccc1OCC(=O)Nc1ccc2c(c1)CN(C(=O)c1cccs1)CC2. The molecule has 154 valence electrons. The lowest BCUT2D eigenvalue weighted by molar-refractivity contribution is -0.118. The average molecular weight is 423 g/mol. The van der Waals surface area contributed by atoms with Crippen LogP contribution >= 0.6 is 11.3 Å². The van der Waals surface area contributed by atoms with Crippen molar-refractivity contribution in [2.75, 3.05) is 25.6 Å². The lowest BCUT2D eigenvalue weighted by atomic mass is 9.99. The minimum Gasteiger partial charge on any atom is -0.493 e. The van der Waals surface area contributed by atoms with Gasteiger partial charge < -0.3 is 19.7 Å². The van der Waals surface area contributed by atoms with Crippen molar-refractivity contribution in [3.8, 4) is 11.5 Å². The summed E-state index contributed by atoms with van der Waals surface area (Å²) in [6.45, 7) is 1.11. The third-order valence-corrected chi connectivity index (χ3v) is 5.81. The molecular formula is C23H22N2O4S. The molecule has 2 amide bonds. The fourth-order valence-electron chi connectivity index (χ4n) is 3.44. The molecule has 1 aromatic heterocycles. The molecule has 0 saturated heterocycles. The molecular weight excluding hydrogens is 400 g/mol. The first-order valence-corrected chi connectivity index (χ1v) is 10.5. The first-order chi connectivity index (χ1) is 14.6. The molecule has 2 heterocycles. The van der Waals surface area contributed by atoms with Crippen LogP contribution in [0, 0.1) is 0 Å². The molecule has 1 aliphatic heterocycles. The minimum absolute atomic E-state index is 0.0512. The topological polar surface area (TPSA) is 67.9 Å². The first kappa shape index (κ1) is 20.0. The smallest absolute Gasteiger partial charge is 0.264 e. The van der Waals surface area contributed by atoms with Crippen molar-refractivity contribution in [1.29, 1.82) is 0 Å². The Balaban J connectivity index is 1.38. The van der Waals surface area contributed by atoms with E-state index in [4.69, 9.17) is 9.47 Å². The number of carbonyl (C=O) groups is 2. The van der Waals surface area contributed by atoms with Crippen molar-refractivity contribution in [3.63, 3.8) is 0 Å². The molecule has 0 bridgehead atoms. The summed E-state index contributed by atoms with van der Waals surface area (Å²) in [5.41, 5.74) is 2.94. The second kappa shape index (κ2) is 9.00. The van der Waals surface area contributed by atoms with E-state index < -0.39 is 0 Å². The maximum Gasteiger partial charge on any atom is 0.264 e. The number of hydrogen-bond acceptors (Lipinski definition) is 5. The van der Waals surface area contributed by atoms with E-state index in [1.165, 1.54) is 16.9 Å². The number of nitrogens with one attached hydrogen (secondary N) is 1. The van der Waals surface area contributed by atoms with Crippen molar-refractivity contribution in [2.45, 2.75) is 13.0 Å². The second-order valence-electron chi connectivity index (χ2n) is 6.93. The van der Waals surface area contributed by atoms with Crippen LogP contribution in [-0.4, -0.2) is 37.0 Å². The lowest BCUT2D eigenvalue weighted by Crippen LogP contribution is -2.35. The molecule has 0 spiro atoms. The van der Waals surface area contributed by atoms with Gasteiger partial charge in [0.15, 0.2) is 18.1 Å². The van der Waals surface area contributed by atoms with Crippen molar-refractivity contribution < 1.29 is 19.1 Å². The molecule has 6 nitrogen and oxygen atoms in total. The number of ether oxygens (including phenoxy) is 2. The lowest BCUT2D eigenvalue weighted by Gasteiger charge is -2.29. The van der Waals surface area contributed by atoms with Gasteiger partial charge in [-0.1, -0.05) is 24.3 Å². The van der Waals surface area contributed by atoms with Crippen LogP contribution in [0.1, 0.15) is 20.8 Å². The van der Waals surface area contributed by atoms with Crippen molar-refractivity contribution in [2.24, 2.45) is 0 Å². The Morgan fingerprint density at radius 2 is 1.90 bits per heavy atom. The number of rotatable bonds is 6. The molecule has 0 unspecified atom stereocenters. The Morgan fingerprint density at radius 1 is 1.07 bits per heavy atom. The summed E-state index contributed by atoms with van der Waals surface area (Å²) in [7, 11) is 1.56. The number of hydrogen-bond donors (Lipinski definition) is 1. The zero-order valence-electron chi connectivity index (χ0n) is 16.6. The number of thiophene rings is 1. The van der Waals surface area contributed by atoms with E-state index in [1.807, 2.05) is 52.7 Å². The number of fused-ring (bicyclic) bond motifs is 1. The number of nitrogens with zero attached hydrogens (tertiary/aromatic N) is 1. The van der Waals surface area contributed by atoms with Crippen LogP contribution in [0.4, 0.5) is 5.69 Å². The van der Waals surface area contributed by atoms with Gasteiger partial charge in [-0.15, -0.1) is 11.3 Å². The fourth-order valence-corrected chi connectivity index (χ4v) is 4.13. The van der Waals surface area contributed by atoms with Gasteiger partial charge in [0.05, 0.1) is 12.0 Å². The quantitative estimate of drug-likeness (QED) is 0.653. The molecule has 0 saturated carbocycles. The summed E-state index contributed by atoms with van der Waals surface area (Å²) in [4.78, 5) is 27.6.